The molecule has 7 heteroatoms. The molecule has 0 radical (unpaired) electrons. The van der Waals surface area contributed by atoms with Crippen LogP contribution in [-0.4, -0.2) is 41.5 Å². The fraction of sp³-hybridized carbons (Fsp3) is 0.278. The van der Waals surface area contributed by atoms with Crippen LogP contribution in [0.1, 0.15) is 10.4 Å². The highest BCUT2D eigenvalue weighted by atomic mass is 16.5. The first-order valence-electron chi connectivity index (χ1n) is 7.41. The number of carbonyl (C=O) groups is 1. The lowest BCUT2D eigenvalue weighted by Gasteiger charge is -2.14. The highest BCUT2D eigenvalue weighted by Gasteiger charge is 2.17. The van der Waals surface area contributed by atoms with Gasteiger partial charge in [-0.1, -0.05) is 0 Å². The molecule has 134 valence electrons. The molecule has 7 nitrogen and oxygen atoms in total. The van der Waals surface area contributed by atoms with Gasteiger partial charge in [0.2, 0.25) is 5.75 Å². The van der Waals surface area contributed by atoms with E-state index in [1.54, 1.807) is 37.4 Å². The first-order valence-corrected chi connectivity index (χ1v) is 7.41. The van der Waals surface area contributed by atoms with E-state index in [0.717, 1.165) is 0 Å². The first kappa shape index (κ1) is 18.3. The van der Waals surface area contributed by atoms with Crippen molar-refractivity contribution in [1.29, 1.82) is 0 Å². The molecule has 1 amide bonds. The molecule has 0 atom stereocenters. The predicted molar refractivity (Wildman–Crippen MR) is 93.6 cm³/mol. The summed E-state index contributed by atoms with van der Waals surface area (Å²) < 4.78 is 26.2. The van der Waals surface area contributed by atoms with Crippen LogP contribution >= 0.6 is 0 Å². The van der Waals surface area contributed by atoms with Crippen LogP contribution in [-0.2, 0) is 0 Å². The second-order valence-electron chi connectivity index (χ2n) is 4.94. The Hall–Kier alpha value is -3.09. The summed E-state index contributed by atoms with van der Waals surface area (Å²) in [5.74, 6) is 2.00. The lowest BCUT2D eigenvalue weighted by Crippen LogP contribution is -2.12. The standard InChI is InChI=1S/C18H21NO6/c1-21-13-7-6-12(10-14(13)22-2)19-18(20)11-8-15(23-3)17(25-5)16(9-11)24-4/h6-10H,1-5H3,(H,19,20). The lowest BCUT2D eigenvalue weighted by atomic mass is 10.1. The first-order chi connectivity index (χ1) is 12.1. The zero-order chi connectivity index (χ0) is 18.4. The maximum absolute atomic E-state index is 12.6. The third-order valence-corrected chi connectivity index (χ3v) is 3.57. The average Bonchev–Trinajstić information content (AvgIpc) is 2.66. The Bertz CT molecular complexity index is 734. The van der Waals surface area contributed by atoms with Gasteiger partial charge >= 0.3 is 0 Å². The fourth-order valence-corrected chi connectivity index (χ4v) is 2.33. The molecule has 0 saturated heterocycles. The average molecular weight is 347 g/mol. The molecule has 0 fully saturated rings. The van der Waals surface area contributed by atoms with Gasteiger partial charge in [-0.25, -0.2) is 0 Å². The summed E-state index contributed by atoms with van der Waals surface area (Å²) >= 11 is 0. The van der Waals surface area contributed by atoms with Crippen molar-refractivity contribution in [2.24, 2.45) is 0 Å². The molecule has 1 N–H and O–H groups in total. The Morgan fingerprint density at radius 2 is 1.28 bits per heavy atom. The molecule has 25 heavy (non-hydrogen) atoms. The highest BCUT2D eigenvalue weighted by molar-refractivity contribution is 6.05. The van der Waals surface area contributed by atoms with E-state index in [9.17, 15) is 4.79 Å². The Labute approximate surface area is 146 Å². The number of methoxy groups -OCH3 is 5. The van der Waals surface area contributed by atoms with Gasteiger partial charge in [0.15, 0.2) is 23.0 Å². The molecule has 0 unspecified atom stereocenters. The Kier molecular flexibility index (Phi) is 5.94. The van der Waals surface area contributed by atoms with Crippen molar-refractivity contribution >= 4 is 11.6 Å². The zero-order valence-corrected chi connectivity index (χ0v) is 14.8. The monoisotopic (exact) mass is 347 g/mol. The van der Waals surface area contributed by atoms with Crippen LogP contribution in [0.5, 0.6) is 28.7 Å². The maximum Gasteiger partial charge on any atom is 0.255 e. The minimum absolute atomic E-state index is 0.327. The minimum Gasteiger partial charge on any atom is -0.493 e. The second kappa shape index (κ2) is 8.14. The Morgan fingerprint density at radius 1 is 0.720 bits per heavy atom. The second-order valence-corrected chi connectivity index (χ2v) is 4.94. The van der Waals surface area contributed by atoms with Crippen LogP contribution in [0.4, 0.5) is 5.69 Å². The topological polar surface area (TPSA) is 75.3 Å². The fourth-order valence-electron chi connectivity index (χ4n) is 2.33. The molecular weight excluding hydrogens is 326 g/mol. The van der Waals surface area contributed by atoms with Gasteiger partial charge in [-0.2, -0.15) is 0 Å². The van der Waals surface area contributed by atoms with Gasteiger partial charge in [-0.15, -0.1) is 0 Å². The normalized spacial score (nSPS) is 9.96. The summed E-state index contributed by atoms with van der Waals surface area (Å²) in [6.45, 7) is 0. The van der Waals surface area contributed by atoms with Gasteiger partial charge in [0.25, 0.3) is 5.91 Å². The van der Waals surface area contributed by atoms with Crippen molar-refractivity contribution in [2.45, 2.75) is 0 Å². The van der Waals surface area contributed by atoms with Gasteiger partial charge in [0.1, 0.15) is 0 Å². The van der Waals surface area contributed by atoms with E-state index < -0.39 is 0 Å². The van der Waals surface area contributed by atoms with Crippen molar-refractivity contribution < 1.29 is 28.5 Å². The van der Waals surface area contributed by atoms with Crippen LogP contribution in [0, 0.1) is 0 Å². The molecule has 0 spiro atoms. The summed E-state index contributed by atoms with van der Waals surface area (Å²) in [5, 5.41) is 2.80. The van der Waals surface area contributed by atoms with E-state index in [1.165, 1.54) is 28.4 Å². The van der Waals surface area contributed by atoms with E-state index in [1.807, 2.05) is 0 Å². The molecule has 0 aliphatic carbocycles. The van der Waals surface area contributed by atoms with Gasteiger partial charge in [0.05, 0.1) is 35.5 Å². The van der Waals surface area contributed by atoms with Crippen molar-refractivity contribution in [3.05, 3.63) is 35.9 Å². The van der Waals surface area contributed by atoms with E-state index in [4.69, 9.17) is 23.7 Å². The molecule has 0 saturated carbocycles. The smallest absolute Gasteiger partial charge is 0.255 e. The zero-order valence-electron chi connectivity index (χ0n) is 14.8. The lowest BCUT2D eigenvalue weighted by molar-refractivity contribution is 0.102. The molecule has 2 rings (SSSR count). The number of anilines is 1. The summed E-state index contributed by atoms with van der Waals surface area (Å²) in [5.41, 5.74) is 0.931. The number of ether oxygens (including phenoxy) is 5. The minimum atomic E-state index is -0.327. The maximum atomic E-state index is 12.6. The molecule has 0 aliphatic heterocycles. The summed E-state index contributed by atoms with van der Waals surface area (Å²) in [6, 6.07) is 8.27. The van der Waals surface area contributed by atoms with Crippen LogP contribution in [0.2, 0.25) is 0 Å². The molecule has 2 aromatic carbocycles. The summed E-state index contributed by atoms with van der Waals surface area (Å²) in [7, 11) is 7.57. The van der Waals surface area contributed by atoms with Gasteiger partial charge in [-0.05, 0) is 24.3 Å². The van der Waals surface area contributed by atoms with E-state index >= 15 is 0 Å². The number of hydrogen-bond donors (Lipinski definition) is 1. The number of rotatable bonds is 7. The number of nitrogens with one attached hydrogen (secondary N) is 1. The number of benzene rings is 2. The third kappa shape index (κ3) is 3.88. The summed E-state index contributed by atoms with van der Waals surface area (Å²) in [4.78, 5) is 12.6. The van der Waals surface area contributed by atoms with Gasteiger partial charge < -0.3 is 29.0 Å². The third-order valence-electron chi connectivity index (χ3n) is 3.57. The molecular formula is C18H21NO6. The Morgan fingerprint density at radius 3 is 1.76 bits per heavy atom. The highest BCUT2D eigenvalue weighted by Crippen LogP contribution is 2.38. The van der Waals surface area contributed by atoms with Crippen molar-refractivity contribution in [1.82, 2.24) is 0 Å². The van der Waals surface area contributed by atoms with Crippen LogP contribution in [0.15, 0.2) is 30.3 Å². The molecule has 0 aliphatic rings. The Balaban J connectivity index is 2.32. The van der Waals surface area contributed by atoms with E-state index in [0.29, 0.717) is 40.0 Å². The van der Waals surface area contributed by atoms with E-state index in [2.05, 4.69) is 5.32 Å². The van der Waals surface area contributed by atoms with Crippen LogP contribution in [0.25, 0.3) is 0 Å². The van der Waals surface area contributed by atoms with Gasteiger partial charge in [-0.3, -0.25) is 4.79 Å². The molecule has 0 bridgehead atoms. The van der Waals surface area contributed by atoms with Crippen LogP contribution < -0.4 is 29.0 Å². The van der Waals surface area contributed by atoms with Crippen LogP contribution in [0.3, 0.4) is 0 Å². The molecule has 0 heterocycles. The largest absolute Gasteiger partial charge is 0.493 e. The summed E-state index contributed by atoms with van der Waals surface area (Å²) in [6.07, 6.45) is 0. The number of hydrogen-bond acceptors (Lipinski definition) is 6. The molecule has 0 aromatic heterocycles. The van der Waals surface area contributed by atoms with Crippen molar-refractivity contribution in [2.75, 3.05) is 40.9 Å². The van der Waals surface area contributed by atoms with Crippen molar-refractivity contribution in [3.8, 4) is 28.7 Å². The quantitative estimate of drug-likeness (QED) is 0.830. The van der Waals surface area contributed by atoms with Gasteiger partial charge in [0, 0.05) is 17.3 Å². The number of amides is 1. The van der Waals surface area contributed by atoms with Crippen molar-refractivity contribution in [3.63, 3.8) is 0 Å². The number of carbonyl (C=O) groups excluding carboxylic acids is 1. The molecule has 2 aromatic rings. The van der Waals surface area contributed by atoms with E-state index in [-0.39, 0.29) is 5.91 Å². The predicted octanol–water partition coefficient (Wildman–Crippen LogP) is 2.98. The SMILES string of the molecule is COc1ccc(NC(=O)c2cc(OC)c(OC)c(OC)c2)cc1OC.